The molecule has 1 aromatic rings. The van der Waals surface area contributed by atoms with Crippen molar-refractivity contribution in [3.05, 3.63) is 17.5 Å². The van der Waals surface area contributed by atoms with Crippen molar-refractivity contribution in [3.8, 4) is 0 Å². The molecule has 150 valence electrons. The third kappa shape index (κ3) is 8.19. The first-order valence-electron chi connectivity index (χ1n) is 9.70. The molecule has 26 heavy (non-hydrogen) atoms. The number of nitrogens with one attached hydrogen (secondary N) is 2. The van der Waals surface area contributed by atoms with E-state index in [1.54, 1.807) is 7.05 Å². The Bertz CT molecular complexity index is 512. The molecule has 0 spiro atoms. The summed E-state index contributed by atoms with van der Waals surface area (Å²) in [5.41, 5.74) is 1.04. The van der Waals surface area contributed by atoms with Gasteiger partial charge >= 0.3 is 0 Å². The average Bonchev–Trinajstić information content (AvgIpc) is 3.09. The smallest absolute Gasteiger partial charge is 0.191 e. The summed E-state index contributed by atoms with van der Waals surface area (Å²) in [5, 5.41) is 10.8. The van der Waals surface area contributed by atoms with E-state index in [9.17, 15) is 0 Å². The monoisotopic (exact) mass is 367 g/mol. The fourth-order valence-electron chi connectivity index (χ4n) is 2.80. The van der Waals surface area contributed by atoms with Crippen LogP contribution in [0.1, 0.15) is 57.4 Å². The molecule has 0 fully saturated rings. The number of aliphatic imine (C=N–C) groups is 1. The van der Waals surface area contributed by atoms with Crippen LogP contribution in [0.4, 0.5) is 0 Å². The Kier molecular flexibility index (Phi) is 11.0. The van der Waals surface area contributed by atoms with Crippen molar-refractivity contribution in [1.82, 2.24) is 20.7 Å². The van der Waals surface area contributed by atoms with E-state index in [1.165, 1.54) is 0 Å². The van der Waals surface area contributed by atoms with Gasteiger partial charge in [-0.1, -0.05) is 19.0 Å². The van der Waals surface area contributed by atoms with Crippen LogP contribution in [0.15, 0.2) is 15.6 Å². The normalized spacial score (nSPS) is 13.5. The van der Waals surface area contributed by atoms with E-state index >= 15 is 0 Å². The topological polar surface area (TPSA) is 74.9 Å². The molecule has 0 aliphatic rings. The van der Waals surface area contributed by atoms with Crippen molar-refractivity contribution in [2.45, 2.75) is 58.6 Å². The van der Waals surface area contributed by atoms with E-state index in [0.717, 1.165) is 49.8 Å². The quantitative estimate of drug-likeness (QED) is 0.437. The minimum absolute atomic E-state index is 0.160. The molecule has 0 radical (unpaired) electrons. The molecule has 0 bridgehead atoms. The van der Waals surface area contributed by atoms with Gasteiger partial charge < -0.3 is 24.8 Å². The molecular formula is C19H37N5O2. The highest BCUT2D eigenvalue weighted by Gasteiger charge is 2.14. The van der Waals surface area contributed by atoms with Gasteiger partial charge in [-0.25, -0.2) is 0 Å². The highest BCUT2D eigenvalue weighted by molar-refractivity contribution is 5.79. The molecule has 0 aliphatic heterocycles. The molecular weight excluding hydrogens is 330 g/mol. The first-order chi connectivity index (χ1) is 12.5. The predicted octanol–water partition coefficient (Wildman–Crippen LogP) is 2.60. The second-order valence-corrected chi connectivity index (χ2v) is 6.71. The molecule has 0 amide bonds. The van der Waals surface area contributed by atoms with Crippen LogP contribution in [-0.2, 0) is 11.3 Å². The summed E-state index contributed by atoms with van der Waals surface area (Å²) in [5.74, 6) is 2.03. The summed E-state index contributed by atoms with van der Waals surface area (Å²) >= 11 is 0. The lowest BCUT2D eigenvalue weighted by molar-refractivity contribution is 0.0548. The number of hydrogen-bond acceptors (Lipinski definition) is 5. The maximum absolute atomic E-state index is 5.80. The Hall–Kier alpha value is -1.60. The fourth-order valence-corrected chi connectivity index (χ4v) is 2.80. The van der Waals surface area contributed by atoms with E-state index in [0.29, 0.717) is 19.1 Å². The third-order valence-corrected chi connectivity index (χ3v) is 4.43. The van der Waals surface area contributed by atoms with E-state index in [1.807, 2.05) is 13.0 Å². The number of hydrogen-bond donors (Lipinski definition) is 2. The summed E-state index contributed by atoms with van der Waals surface area (Å²) < 4.78 is 11.3. The van der Waals surface area contributed by atoms with E-state index in [4.69, 9.17) is 9.26 Å². The van der Waals surface area contributed by atoms with Gasteiger partial charge in [0.15, 0.2) is 11.7 Å². The van der Waals surface area contributed by atoms with Gasteiger partial charge in [0.05, 0.1) is 18.3 Å². The van der Waals surface area contributed by atoms with Crippen molar-refractivity contribution in [2.75, 3.05) is 40.8 Å². The van der Waals surface area contributed by atoms with Crippen LogP contribution in [0, 0.1) is 0 Å². The summed E-state index contributed by atoms with van der Waals surface area (Å²) in [6.45, 7) is 9.37. The lowest BCUT2D eigenvalue weighted by Crippen LogP contribution is -2.42. The van der Waals surface area contributed by atoms with Crippen LogP contribution in [0.5, 0.6) is 0 Å². The number of rotatable bonds is 12. The molecule has 1 aromatic heterocycles. The van der Waals surface area contributed by atoms with Crippen LogP contribution in [0.2, 0.25) is 0 Å². The molecule has 0 saturated carbocycles. The van der Waals surface area contributed by atoms with Crippen LogP contribution < -0.4 is 10.6 Å². The second kappa shape index (κ2) is 12.7. The molecule has 1 unspecified atom stereocenters. The number of aromatic nitrogens is 1. The third-order valence-electron chi connectivity index (χ3n) is 4.43. The fraction of sp³-hybridized carbons (Fsp3) is 0.789. The zero-order chi connectivity index (χ0) is 19.4. The molecule has 1 rings (SSSR count). The molecule has 1 heterocycles. The first kappa shape index (κ1) is 22.4. The lowest BCUT2D eigenvalue weighted by atomic mass is 9.99. The Morgan fingerprint density at radius 2 is 2.00 bits per heavy atom. The lowest BCUT2D eigenvalue weighted by Gasteiger charge is -2.21. The van der Waals surface area contributed by atoms with Crippen LogP contribution in [0.25, 0.3) is 0 Å². The minimum Gasteiger partial charge on any atom is -0.377 e. The maximum atomic E-state index is 5.80. The highest BCUT2D eigenvalue weighted by Crippen LogP contribution is 2.22. The summed E-state index contributed by atoms with van der Waals surface area (Å²) in [7, 11) is 5.91. The van der Waals surface area contributed by atoms with Crippen molar-refractivity contribution in [1.29, 1.82) is 0 Å². The molecule has 0 aromatic carbocycles. The Balaban J connectivity index is 2.46. The SMILES string of the molecule is CCOC(CCN(C)C)CNC(=NC)NCc1cc(C(CC)CC)no1. The van der Waals surface area contributed by atoms with Gasteiger partial charge in [0.25, 0.3) is 0 Å². The zero-order valence-corrected chi connectivity index (χ0v) is 17.3. The van der Waals surface area contributed by atoms with E-state index < -0.39 is 0 Å². The second-order valence-electron chi connectivity index (χ2n) is 6.71. The maximum Gasteiger partial charge on any atom is 0.191 e. The number of guanidine groups is 1. The summed E-state index contributed by atoms with van der Waals surface area (Å²) in [4.78, 5) is 6.44. The molecule has 7 nitrogen and oxygen atoms in total. The largest absolute Gasteiger partial charge is 0.377 e. The number of ether oxygens (including phenoxy) is 1. The van der Waals surface area contributed by atoms with Gasteiger partial charge in [-0.2, -0.15) is 0 Å². The van der Waals surface area contributed by atoms with Crippen LogP contribution in [0.3, 0.4) is 0 Å². The standard InChI is InChI=1S/C19H37N5O2/c1-7-15(8-2)18-12-17(26-23-18)14-22-19(20-4)21-13-16(25-9-3)10-11-24(5)6/h12,15-16H,7-11,13-14H2,1-6H3,(H2,20,21,22). The van der Waals surface area contributed by atoms with Crippen molar-refractivity contribution in [2.24, 2.45) is 4.99 Å². The van der Waals surface area contributed by atoms with Crippen LogP contribution in [-0.4, -0.2) is 63.0 Å². The molecule has 7 heteroatoms. The van der Waals surface area contributed by atoms with E-state index in [-0.39, 0.29) is 6.10 Å². The van der Waals surface area contributed by atoms with Gasteiger partial charge in [0.1, 0.15) is 0 Å². The summed E-state index contributed by atoms with van der Waals surface area (Å²) in [6, 6.07) is 2.04. The first-order valence-corrected chi connectivity index (χ1v) is 9.70. The van der Waals surface area contributed by atoms with Crippen molar-refractivity contribution in [3.63, 3.8) is 0 Å². The molecule has 0 aliphatic carbocycles. The molecule has 0 saturated heterocycles. The Morgan fingerprint density at radius 3 is 2.58 bits per heavy atom. The zero-order valence-electron chi connectivity index (χ0n) is 17.3. The van der Waals surface area contributed by atoms with Crippen molar-refractivity contribution < 1.29 is 9.26 Å². The van der Waals surface area contributed by atoms with Crippen molar-refractivity contribution >= 4 is 5.96 Å². The van der Waals surface area contributed by atoms with E-state index in [2.05, 4.69) is 53.6 Å². The predicted molar refractivity (Wildman–Crippen MR) is 107 cm³/mol. The van der Waals surface area contributed by atoms with Crippen LogP contribution >= 0.6 is 0 Å². The number of nitrogens with zero attached hydrogens (tertiary/aromatic N) is 3. The Morgan fingerprint density at radius 1 is 1.27 bits per heavy atom. The molecule has 2 N–H and O–H groups in total. The average molecular weight is 368 g/mol. The van der Waals surface area contributed by atoms with Gasteiger partial charge in [-0.05, 0) is 40.3 Å². The Labute approximate surface area is 158 Å². The molecule has 1 atom stereocenters. The van der Waals surface area contributed by atoms with Gasteiger partial charge in [0, 0.05) is 38.7 Å². The van der Waals surface area contributed by atoms with Gasteiger partial charge in [0.2, 0.25) is 0 Å². The minimum atomic E-state index is 0.160. The highest BCUT2D eigenvalue weighted by atomic mass is 16.5. The van der Waals surface area contributed by atoms with Gasteiger partial charge in [-0.3, -0.25) is 4.99 Å². The summed E-state index contributed by atoms with van der Waals surface area (Å²) in [6.07, 6.45) is 3.29. The van der Waals surface area contributed by atoms with Gasteiger partial charge in [-0.15, -0.1) is 0 Å².